The average molecular weight is 221 g/mol. The monoisotopic (exact) mass is 221 g/mol. The molecule has 1 aromatic rings. The Morgan fingerprint density at radius 2 is 1.81 bits per heavy atom. The smallest absolute Gasteiger partial charge is 0.216 e. The molecule has 1 N–H and O–H groups in total. The highest BCUT2D eigenvalue weighted by Gasteiger charge is 2.04. The Morgan fingerprint density at radius 3 is 2.31 bits per heavy atom. The molecule has 3 heteroatoms. The number of ether oxygens (including phenoxy) is 1. The first-order valence-electron chi connectivity index (χ1n) is 5.46. The number of hydrogen-bond donors (Lipinski definition) is 1. The fourth-order valence-electron chi connectivity index (χ4n) is 1.77. The summed E-state index contributed by atoms with van der Waals surface area (Å²) in [6.07, 6.45) is 0. The van der Waals surface area contributed by atoms with Crippen LogP contribution in [0.4, 0.5) is 0 Å². The molecule has 3 nitrogen and oxygen atoms in total. The quantitative estimate of drug-likeness (QED) is 0.791. The summed E-state index contributed by atoms with van der Waals surface area (Å²) < 4.78 is 5.66. The lowest BCUT2D eigenvalue weighted by molar-refractivity contribution is -0.119. The van der Waals surface area contributed by atoms with E-state index in [2.05, 4.69) is 24.4 Å². The van der Waals surface area contributed by atoms with E-state index in [-0.39, 0.29) is 5.91 Å². The molecule has 0 aliphatic heterocycles. The second-order valence-corrected chi connectivity index (χ2v) is 4.06. The van der Waals surface area contributed by atoms with E-state index in [9.17, 15) is 4.79 Å². The second-order valence-electron chi connectivity index (χ2n) is 4.06. The van der Waals surface area contributed by atoms with Gasteiger partial charge in [-0.3, -0.25) is 4.79 Å². The van der Waals surface area contributed by atoms with Crippen molar-refractivity contribution in [1.29, 1.82) is 0 Å². The summed E-state index contributed by atoms with van der Waals surface area (Å²) in [4.78, 5) is 10.7. The van der Waals surface area contributed by atoms with Gasteiger partial charge in [0.2, 0.25) is 5.91 Å². The molecule has 0 fully saturated rings. The molecule has 0 atom stereocenters. The minimum absolute atomic E-state index is 0.0269. The van der Waals surface area contributed by atoms with E-state index in [0.29, 0.717) is 13.2 Å². The topological polar surface area (TPSA) is 38.3 Å². The Hall–Kier alpha value is -1.51. The maximum Gasteiger partial charge on any atom is 0.216 e. The first-order chi connectivity index (χ1) is 7.50. The van der Waals surface area contributed by atoms with E-state index in [4.69, 9.17) is 4.74 Å². The molecular formula is C13H19NO2. The molecule has 0 spiro atoms. The molecule has 16 heavy (non-hydrogen) atoms. The number of amides is 1. The molecule has 0 aliphatic carbocycles. The van der Waals surface area contributed by atoms with E-state index in [1.165, 1.54) is 12.5 Å². The summed E-state index contributed by atoms with van der Waals surface area (Å²) >= 11 is 0. The first-order valence-corrected chi connectivity index (χ1v) is 5.46. The van der Waals surface area contributed by atoms with Crippen molar-refractivity contribution in [2.45, 2.75) is 27.7 Å². The van der Waals surface area contributed by atoms with Crippen LogP contribution in [0.15, 0.2) is 12.1 Å². The highest BCUT2D eigenvalue weighted by molar-refractivity contribution is 5.72. The molecule has 1 rings (SSSR count). The van der Waals surface area contributed by atoms with E-state index >= 15 is 0 Å². The predicted octanol–water partition coefficient (Wildman–Crippen LogP) is 2.13. The van der Waals surface area contributed by atoms with E-state index in [1.807, 2.05) is 13.8 Å². The van der Waals surface area contributed by atoms with Crippen molar-refractivity contribution in [2.75, 3.05) is 13.2 Å². The Bertz CT molecular complexity index is 363. The summed E-state index contributed by atoms with van der Waals surface area (Å²) in [6.45, 7) is 8.69. The lowest BCUT2D eigenvalue weighted by Gasteiger charge is -2.13. The number of hydrogen-bond acceptors (Lipinski definition) is 2. The van der Waals surface area contributed by atoms with Gasteiger partial charge in [-0.1, -0.05) is 17.7 Å². The largest absolute Gasteiger partial charge is 0.491 e. The van der Waals surface area contributed by atoms with E-state index in [0.717, 1.165) is 16.9 Å². The molecule has 1 aromatic carbocycles. The minimum Gasteiger partial charge on any atom is -0.491 e. The van der Waals surface area contributed by atoms with Crippen molar-refractivity contribution in [3.8, 4) is 5.75 Å². The first kappa shape index (κ1) is 12.6. The van der Waals surface area contributed by atoms with Gasteiger partial charge in [-0.05, 0) is 31.9 Å². The normalized spacial score (nSPS) is 10.0. The number of carbonyl (C=O) groups is 1. The van der Waals surface area contributed by atoms with Gasteiger partial charge in [-0.2, -0.15) is 0 Å². The maximum absolute atomic E-state index is 10.7. The Balaban J connectivity index is 2.57. The lowest BCUT2D eigenvalue weighted by atomic mass is 10.1. The van der Waals surface area contributed by atoms with Crippen molar-refractivity contribution in [1.82, 2.24) is 5.32 Å². The summed E-state index contributed by atoms with van der Waals surface area (Å²) in [5.41, 5.74) is 3.52. The zero-order valence-electron chi connectivity index (χ0n) is 10.4. The third kappa shape index (κ3) is 3.57. The molecule has 0 bridgehead atoms. The molecule has 0 saturated carbocycles. The Kier molecular flexibility index (Phi) is 4.35. The van der Waals surface area contributed by atoms with Crippen molar-refractivity contribution < 1.29 is 9.53 Å². The van der Waals surface area contributed by atoms with Crippen LogP contribution in [0.1, 0.15) is 23.6 Å². The zero-order valence-corrected chi connectivity index (χ0v) is 10.4. The average Bonchev–Trinajstić information content (AvgIpc) is 2.14. The maximum atomic E-state index is 10.7. The molecule has 0 aromatic heterocycles. The lowest BCUT2D eigenvalue weighted by Crippen LogP contribution is -2.25. The summed E-state index contributed by atoms with van der Waals surface area (Å²) in [5.74, 6) is 0.900. The third-order valence-corrected chi connectivity index (χ3v) is 2.33. The van der Waals surface area contributed by atoms with Crippen LogP contribution in [0, 0.1) is 20.8 Å². The SMILES string of the molecule is CC(=O)NCCOc1c(C)cc(C)cc1C. The van der Waals surface area contributed by atoms with Crippen molar-refractivity contribution >= 4 is 5.91 Å². The molecular weight excluding hydrogens is 202 g/mol. The highest BCUT2D eigenvalue weighted by atomic mass is 16.5. The summed E-state index contributed by atoms with van der Waals surface area (Å²) in [6, 6.07) is 4.20. The molecule has 0 unspecified atom stereocenters. The van der Waals surface area contributed by atoms with Gasteiger partial charge in [0.15, 0.2) is 0 Å². The third-order valence-electron chi connectivity index (χ3n) is 2.33. The second kappa shape index (κ2) is 5.54. The molecule has 0 radical (unpaired) electrons. The van der Waals surface area contributed by atoms with Gasteiger partial charge in [0.05, 0.1) is 6.54 Å². The molecule has 0 aliphatic rings. The van der Waals surface area contributed by atoms with Crippen LogP contribution in [0.2, 0.25) is 0 Å². The summed E-state index contributed by atoms with van der Waals surface area (Å²) in [5, 5.41) is 2.70. The molecule has 0 heterocycles. The van der Waals surface area contributed by atoms with Crippen LogP contribution in [0.3, 0.4) is 0 Å². The Labute approximate surface area is 96.8 Å². The molecule has 1 amide bonds. The van der Waals surface area contributed by atoms with Gasteiger partial charge in [0.1, 0.15) is 12.4 Å². The van der Waals surface area contributed by atoms with Gasteiger partial charge >= 0.3 is 0 Å². The van der Waals surface area contributed by atoms with E-state index < -0.39 is 0 Å². The van der Waals surface area contributed by atoms with Crippen LogP contribution in [-0.4, -0.2) is 19.1 Å². The standard InChI is InChI=1S/C13H19NO2/c1-9-7-10(2)13(11(3)8-9)16-6-5-14-12(4)15/h7-8H,5-6H2,1-4H3,(H,14,15). The van der Waals surface area contributed by atoms with Gasteiger partial charge in [-0.15, -0.1) is 0 Å². The number of benzene rings is 1. The zero-order chi connectivity index (χ0) is 12.1. The number of carbonyl (C=O) groups excluding carboxylic acids is 1. The van der Waals surface area contributed by atoms with Gasteiger partial charge in [-0.25, -0.2) is 0 Å². The van der Waals surface area contributed by atoms with Crippen LogP contribution in [-0.2, 0) is 4.79 Å². The van der Waals surface area contributed by atoms with Gasteiger partial charge < -0.3 is 10.1 Å². The van der Waals surface area contributed by atoms with E-state index in [1.54, 1.807) is 0 Å². The predicted molar refractivity (Wildman–Crippen MR) is 64.8 cm³/mol. The molecule has 88 valence electrons. The highest BCUT2D eigenvalue weighted by Crippen LogP contribution is 2.24. The van der Waals surface area contributed by atoms with Crippen molar-refractivity contribution in [2.24, 2.45) is 0 Å². The summed E-state index contributed by atoms with van der Waals surface area (Å²) in [7, 11) is 0. The van der Waals surface area contributed by atoms with Crippen LogP contribution >= 0.6 is 0 Å². The van der Waals surface area contributed by atoms with Crippen molar-refractivity contribution in [3.63, 3.8) is 0 Å². The Morgan fingerprint density at radius 1 is 1.25 bits per heavy atom. The number of nitrogens with one attached hydrogen (secondary N) is 1. The van der Waals surface area contributed by atoms with Gasteiger partial charge in [0, 0.05) is 6.92 Å². The molecule has 0 saturated heterocycles. The fourth-order valence-corrected chi connectivity index (χ4v) is 1.77. The van der Waals surface area contributed by atoms with Gasteiger partial charge in [0.25, 0.3) is 0 Å². The number of rotatable bonds is 4. The fraction of sp³-hybridized carbons (Fsp3) is 0.462. The van der Waals surface area contributed by atoms with Crippen LogP contribution in [0.5, 0.6) is 5.75 Å². The van der Waals surface area contributed by atoms with Crippen LogP contribution in [0.25, 0.3) is 0 Å². The van der Waals surface area contributed by atoms with Crippen molar-refractivity contribution in [3.05, 3.63) is 28.8 Å². The van der Waals surface area contributed by atoms with Crippen LogP contribution < -0.4 is 10.1 Å². The number of aryl methyl sites for hydroxylation is 3. The minimum atomic E-state index is -0.0269.